The van der Waals surface area contributed by atoms with Crippen molar-refractivity contribution in [3.05, 3.63) is 84.4 Å². The summed E-state index contributed by atoms with van der Waals surface area (Å²) < 4.78 is 5.95. The minimum atomic E-state index is 0.595. The first-order valence-corrected chi connectivity index (χ1v) is 9.01. The van der Waals surface area contributed by atoms with E-state index in [1.807, 2.05) is 24.3 Å². The van der Waals surface area contributed by atoms with E-state index in [-0.39, 0.29) is 0 Å². The van der Waals surface area contributed by atoms with Gasteiger partial charge in [-0.05, 0) is 53.8 Å². The van der Waals surface area contributed by atoms with Crippen molar-refractivity contribution in [1.82, 2.24) is 0 Å². The van der Waals surface area contributed by atoms with Crippen LogP contribution in [0.4, 0.5) is 5.69 Å². The molecule has 1 aliphatic rings. The summed E-state index contributed by atoms with van der Waals surface area (Å²) in [6.45, 7) is 2.96. The second-order valence-corrected chi connectivity index (χ2v) is 6.54. The number of rotatable bonds is 5. The third kappa shape index (κ3) is 3.85. The lowest BCUT2D eigenvalue weighted by Gasteiger charge is -2.17. The Kier molecular flexibility index (Phi) is 4.69. The third-order valence-electron chi connectivity index (χ3n) is 4.75. The topological polar surface area (TPSA) is 12.5 Å². The average Bonchev–Trinajstić information content (AvgIpc) is 3.22. The van der Waals surface area contributed by atoms with Gasteiger partial charge >= 0.3 is 0 Å². The van der Waals surface area contributed by atoms with E-state index in [0.717, 1.165) is 5.75 Å². The van der Waals surface area contributed by atoms with E-state index in [1.165, 1.54) is 48.3 Å². The monoisotopic (exact) mass is 329 g/mol. The lowest BCUT2D eigenvalue weighted by atomic mass is 10.0. The highest BCUT2D eigenvalue weighted by atomic mass is 16.5. The van der Waals surface area contributed by atoms with E-state index in [0.29, 0.717) is 6.61 Å². The van der Waals surface area contributed by atoms with Crippen molar-refractivity contribution in [3.8, 4) is 16.9 Å². The van der Waals surface area contributed by atoms with Crippen molar-refractivity contribution in [2.24, 2.45) is 0 Å². The van der Waals surface area contributed by atoms with Crippen LogP contribution in [-0.4, -0.2) is 13.1 Å². The van der Waals surface area contributed by atoms with Gasteiger partial charge in [0.25, 0.3) is 0 Å². The van der Waals surface area contributed by atoms with Crippen LogP contribution in [0, 0.1) is 0 Å². The smallest absolute Gasteiger partial charge is 0.120 e. The van der Waals surface area contributed by atoms with Crippen LogP contribution >= 0.6 is 0 Å². The van der Waals surface area contributed by atoms with Gasteiger partial charge in [0, 0.05) is 18.8 Å². The molecule has 25 heavy (non-hydrogen) atoms. The van der Waals surface area contributed by atoms with Gasteiger partial charge in [0.2, 0.25) is 0 Å². The van der Waals surface area contributed by atoms with Crippen molar-refractivity contribution >= 4 is 5.69 Å². The van der Waals surface area contributed by atoms with E-state index in [4.69, 9.17) is 4.74 Å². The van der Waals surface area contributed by atoms with Crippen LogP contribution in [-0.2, 0) is 6.61 Å². The van der Waals surface area contributed by atoms with Crippen LogP contribution < -0.4 is 9.64 Å². The largest absolute Gasteiger partial charge is 0.489 e. The van der Waals surface area contributed by atoms with Crippen molar-refractivity contribution in [2.45, 2.75) is 19.4 Å². The molecule has 1 fully saturated rings. The summed E-state index contributed by atoms with van der Waals surface area (Å²) in [5, 5.41) is 0. The number of benzene rings is 3. The molecule has 0 aromatic heterocycles. The maximum absolute atomic E-state index is 5.95. The predicted molar refractivity (Wildman–Crippen MR) is 104 cm³/mol. The van der Waals surface area contributed by atoms with Crippen LogP contribution in [0.15, 0.2) is 78.9 Å². The fourth-order valence-electron chi connectivity index (χ4n) is 3.35. The first kappa shape index (κ1) is 15.8. The summed E-state index contributed by atoms with van der Waals surface area (Å²) in [6.07, 6.45) is 2.62. The molecule has 0 saturated carbocycles. The van der Waals surface area contributed by atoms with Crippen molar-refractivity contribution in [2.75, 3.05) is 18.0 Å². The molecule has 0 amide bonds. The first-order chi connectivity index (χ1) is 12.4. The van der Waals surface area contributed by atoms with Gasteiger partial charge in [-0.15, -0.1) is 0 Å². The summed E-state index contributed by atoms with van der Waals surface area (Å²) in [4.78, 5) is 2.46. The summed E-state index contributed by atoms with van der Waals surface area (Å²) in [6, 6.07) is 27.5. The molecular formula is C23H23NO. The molecule has 1 heterocycles. The van der Waals surface area contributed by atoms with E-state index < -0.39 is 0 Å². The summed E-state index contributed by atoms with van der Waals surface area (Å²) in [7, 11) is 0. The van der Waals surface area contributed by atoms with Crippen LogP contribution in [0.25, 0.3) is 11.1 Å². The second-order valence-electron chi connectivity index (χ2n) is 6.54. The average molecular weight is 329 g/mol. The quantitative estimate of drug-likeness (QED) is 0.610. The lowest BCUT2D eigenvalue weighted by Crippen LogP contribution is -2.17. The van der Waals surface area contributed by atoms with Gasteiger partial charge in [0.05, 0.1) is 0 Å². The molecule has 0 aliphatic carbocycles. The Morgan fingerprint density at radius 2 is 1.48 bits per heavy atom. The van der Waals surface area contributed by atoms with Crippen molar-refractivity contribution in [3.63, 3.8) is 0 Å². The van der Waals surface area contributed by atoms with Crippen molar-refractivity contribution in [1.29, 1.82) is 0 Å². The van der Waals surface area contributed by atoms with E-state index in [1.54, 1.807) is 0 Å². The Morgan fingerprint density at radius 3 is 2.24 bits per heavy atom. The SMILES string of the molecule is c1ccc(COc2cccc(-c3ccc(N4CCCC4)cc3)c2)cc1. The first-order valence-electron chi connectivity index (χ1n) is 9.01. The normalized spacial score (nSPS) is 13.8. The highest BCUT2D eigenvalue weighted by Gasteiger charge is 2.12. The summed E-state index contributed by atoms with van der Waals surface area (Å²) in [5.41, 5.74) is 4.94. The molecule has 126 valence electrons. The molecule has 3 aromatic rings. The van der Waals surface area contributed by atoms with Gasteiger partial charge in [-0.25, -0.2) is 0 Å². The Balaban J connectivity index is 1.47. The number of hydrogen-bond acceptors (Lipinski definition) is 2. The van der Waals surface area contributed by atoms with Crippen LogP contribution in [0.1, 0.15) is 18.4 Å². The molecule has 2 heteroatoms. The maximum Gasteiger partial charge on any atom is 0.120 e. The van der Waals surface area contributed by atoms with Gasteiger partial charge < -0.3 is 9.64 Å². The molecule has 0 bridgehead atoms. The standard InChI is InChI=1S/C23H23NO/c1-2-7-19(8-3-1)18-25-23-10-6-9-21(17-23)20-11-13-22(14-12-20)24-15-4-5-16-24/h1-3,6-14,17H,4-5,15-16,18H2. The van der Waals surface area contributed by atoms with Crippen molar-refractivity contribution < 1.29 is 4.74 Å². The molecule has 2 nitrogen and oxygen atoms in total. The Bertz CT molecular complexity index is 805. The molecule has 4 rings (SSSR count). The van der Waals surface area contributed by atoms with Gasteiger partial charge in [0.1, 0.15) is 12.4 Å². The van der Waals surface area contributed by atoms with Gasteiger partial charge in [0.15, 0.2) is 0 Å². The Hall–Kier alpha value is -2.74. The zero-order chi connectivity index (χ0) is 16.9. The molecule has 3 aromatic carbocycles. The highest BCUT2D eigenvalue weighted by molar-refractivity contribution is 5.67. The zero-order valence-electron chi connectivity index (χ0n) is 14.4. The number of ether oxygens (including phenoxy) is 1. The number of nitrogens with zero attached hydrogens (tertiary/aromatic N) is 1. The predicted octanol–water partition coefficient (Wildman–Crippen LogP) is 5.53. The molecule has 0 N–H and O–H groups in total. The fraction of sp³-hybridized carbons (Fsp3) is 0.217. The van der Waals surface area contributed by atoms with Crippen LogP contribution in [0.3, 0.4) is 0 Å². The maximum atomic E-state index is 5.95. The molecule has 0 spiro atoms. The Labute approximate surface area is 149 Å². The minimum absolute atomic E-state index is 0.595. The van der Waals surface area contributed by atoms with Crippen LogP contribution in [0.5, 0.6) is 5.75 Å². The molecule has 0 radical (unpaired) electrons. The zero-order valence-corrected chi connectivity index (χ0v) is 14.4. The van der Waals surface area contributed by atoms with E-state index >= 15 is 0 Å². The molecular weight excluding hydrogens is 306 g/mol. The van der Waals surface area contributed by atoms with E-state index in [9.17, 15) is 0 Å². The Morgan fingerprint density at radius 1 is 0.720 bits per heavy atom. The summed E-state index contributed by atoms with van der Waals surface area (Å²) >= 11 is 0. The number of hydrogen-bond donors (Lipinski definition) is 0. The molecule has 0 atom stereocenters. The van der Waals surface area contributed by atoms with E-state index in [2.05, 4.69) is 59.5 Å². The highest BCUT2D eigenvalue weighted by Crippen LogP contribution is 2.27. The second kappa shape index (κ2) is 7.43. The lowest BCUT2D eigenvalue weighted by molar-refractivity contribution is 0.306. The van der Waals surface area contributed by atoms with Gasteiger partial charge in [-0.3, -0.25) is 0 Å². The molecule has 0 unspecified atom stereocenters. The third-order valence-corrected chi connectivity index (χ3v) is 4.75. The van der Waals surface area contributed by atoms with Gasteiger partial charge in [-0.1, -0.05) is 54.6 Å². The fourth-order valence-corrected chi connectivity index (χ4v) is 3.35. The minimum Gasteiger partial charge on any atom is -0.489 e. The van der Waals surface area contributed by atoms with Crippen LogP contribution in [0.2, 0.25) is 0 Å². The molecule has 1 saturated heterocycles. The number of anilines is 1. The van der Waals surface area contributed by atoms with Gasteiger partial charge in [-0.2, -0.15) is 0 Å². The molecule has 1 aliphatic heterocycles. The summed E-state index contributed by atoms with van der Waals surface area (Å²) in [5.74, 6) is 0.907.